The van der Waals surface area contributed by atoms with Gasteiger partial charge in [-0.1, -0.05) is 23.8 Å². The first-order valence-electron chi connectivity index (χ1n) is 8.37. The monoisotopic (exact) mass is 348 g/mol. The molecule has 0 spiro atoms. The molecule has 6 heteroatoms. The zero-order valence-corrected chi connectivity index (χ0v) is 14.8. The molecule has 1 N–H and O–H groups in total. The number of thioether (sulfide) groups is 1. The second-order valence-electron chi connectivity index (χ2n) is 6.01. The lowest BCUT2D eigenvalue weighted by Crippen LogP contribution is -2.26. The number of nitro groups is 1. The normalized spacial score (nSPS) is 15.5. The first-order chi connectivity index (χ1) is 11.6. The first kappa shape index (κ1) is 18.5. The predicted molar refractivity (Wildman–Crippen MR) is 98.1 cm³/mol. The van der Waals surface area contributed by atoms with Crippen LogP contribution in [0.3, 0.4) is 0 Å². The number of allylic oxidation sites excluding steroid dienone is 1. The zero-order valence-electron chi connectivity index (χ0n) is 14.0. The first-order valence-corrected chi connectivity index (χ1v) is 9.41. The van der Waals surface area contributed by atoms with Gasteiger partial charge >= 0.3 is 0 Å². The van der Waals surface area contributed by atoms with Gasteiger partial charge in [-0.2, -0.15) is 0 Å². The van der Waals surface area contributed by atoms with Crippen LogP contribution in [-0.2, 0) is 4.79 Å². The van der Waals surface area contributed by atoms with Crippen molar-refractivity contribution in [1.29, 1.82) is 0 Å². The molecule has 1 aromatic rings. The number of nitrogens with one attached hydrogen (secondary N) is 1. The van der Waals surface area contributed by atoms with Gasteiger partial charge in [0.05, 0.1) is 10.7 Å². The molecular weight excluding hydrogens is 324 g/mol. The summed E-state index contributed by atoms with van der Waals surface area (Å²) >= 11 is 1.49. The highest BCUT2D eigenvalue weighted by Crippen LogP contribution is 2.30. The van der Waals surface area contributed by atoms with Gasteiger partial charge in [0.1, 0.15) is 0 Å². The molecule has 0 fully saturated rings. The van der Waals surface area contributed by atoms with E-state index < -0.39 is 4.92 Å². The van der Waals surface area contributed by atoms with Crippen LogP contribution in [0.1, 0.15) is 49.8 Å². The van der Waals surface area contributed by atoms with Crippen LogP contribution in [0, 0.1) is 10.1 Å². The Hall–Kier alpha value is -1.82. The SMILES string of the molecule is C[C@H](SCC(=O)NCCC1=CCCCC1)c1cccc([N+](=O)[O-])c1. The Bertz CT molecular complexity index is 616. The molecule has 0 unspecified atom stereocenters. The highest BCUT2D eigenvalue weighted by molar-refractivity contribution is 8.00. The van der Waals surface area contributed by atoms with E-state index >= 15 is 0 Å². The van der Waals surface area contributed by atoms with E-state index in [1.165, 1.54) is 42.7 Å². The molecule has 1 aromatic carbocycles. The number of amides is 1. The van der Waals surface area contributed by atoms with Gasteiger partial charge in [0.15, 0.2) is 0 Å². The number of nitrogens with zero attached hydrogens (tertiary/aromatic N) is 1. The van der Waals surface area contributed by atoms with Crippen LogP contribution in [-0.4, -0.2) is 23.1 Å². The van der Waals surface area contributed by atoms with E-state index in [4.69, 9.17) is 0 Å². The number of carbonyl (C=O) groups excluding carboxylic acids is 1. The van der Waals surface area contributed by atoms with Crippen LogP contribution in [0.4, 0.5) is 5.69 Å². The maximum Gasteiger partial charge on any atom is 0.269 e. The van der Waals surface area contributed by atoms with Crippen molar-refractivity contribution in [3.05, 3.63) is 51.6 Å². The number of non-ortho nitro benzene ring substituents is 1. The molecule has 130 valence electrons. The van der Waals surface area contributed by atoms with Crippen LogP contribution in [0.25, 0.3) is 0 Å². The third kappa shape index (κ3) is 6.00. The largest absolute Gasteiger partial charge is 0.355 e. The van der Waals surface area contributed by atoms with Crippen LogP contribution in [0.5, 0.6) is 0 Å². The van der Waals surface area contributed by atoms with Gasteiger partial charge in [0.2, 0.25) is 5.91 Å². The van der Waals surface area contributed by atoms with Gasteiger partial charge in [0, 0.05) is 23.9 Å². The highest BCUT2D eigenvalue weighted by atomic mass is 32.2. The smallest absolute Gasteiger partial charge is 0.269 e. The summed E-state index contributed by atoms with van der Waals surface area (Å²) < 4.78 is 0. The van der Waals surface area contributed by atoms with Crippen LogP contribution in [0.2, 0.25) is 0 Å². The van der Waals surface area contributed by atoms with Gasteiger partial charge in [-0.15, -0.1) is 11.8 Å². The summed E-state index contributed by atoms with van der Waals surface area (Å²) in [5.41, 5.74) is 2.42. The second kappa shape index (κ2) is 9.47. The molecular formula is C18H24N2O3S. The Morgan fingerprint density at radius 2 is 2.25 bits per heavy atom. The van der Waals surface area contributed by atoms with Gasteiger partial charge in [-0.3, -0.25) is 14.9 Å². The summed E-state index contributed by atoms with van der Waals surface area (Å²) in [6.45, 7) is 2.65. The van der Waals surface area contributed by atoms with Gasteiger partial charge in [-0.25, -0.2) is 0 Å². The molecule has 1 aliphatic rings. The molecule has 0 bridgehead atoms. The third-order valence-corrected chi connectivity index (χ3v) is 5.37. The van der Waals surface area contributed by atoms with E-state index in [-0.39, 0.29) is 16.8 Å². The van der Waals surface area contributed by atoms with E-state index in [9.17, 15) is 14.9 Å². The van der Waals surface area contributed by atoms with Gasteiger partial charge < -0.3 is 5.32 Å². The standard InChI is InChI=1S/C18H24N2O3S/c1-14(16-8-5-9-17(12-16)20(22)23)24-13-18(21)19-11-10-15-6-3-2-4-7-15/h5-6,8-9,12,14H,2-4,7,10-11,13H2,1H3,(H,19,21)/t14-/m0/s1. The van der Waals surface area contributed by atoms with Crippen LogP contribution < -0.4 is 5.32 Å². The summed E-state index contributed by atoms with van der Waals surface area (Å²) in [5.74, 6) is 0.386. The van der Waals surface area contributed by atoms with Crippen molar-refractivity contribution in [3.8, 4) is 0 Å². The highest BCUT2D eigenvalue weighted by Gasteiger charge is 2.13. The van der Waals surface area contributed by atoms with Gasteiger partial charge in [-0.05, 0) is 44.6 Å². The van der Waals surface area contributed by atoms with Crippen molar-refractivity contribution < 1.29 is 9.72 Å². The van der Waals surface area contributed by atoms with Crippen molar-refractivity contribution >= 4 is 23.4 Å². The molecule has 24 heavy (non-hydrogen) atoms. The molecule has 0 saturated heterocycles. The summed E-state index contributed by atoms with van der Waals surface area (Å²) in [7, 11) is 0. The Balaban J connectivity index is 1.71. The minimum Gasteiger partial charge on any atom is -0.355 e. The maximum atomic E-state index is 11.9. The van der Waals surface area contributed by atoms with E-state index in [1.807, 2.05) is 13.0 Å². The minimum absolute atomic E-state index is 0.0219. The summed E-state index contributed by atoms with van der Waals surface area (Å²) in [6, 6.07) is 6.60. The molecule has 0 heterocycles. The fourth-order valence-electron chi connectivity index (χ4n) is 2.73. The topological polar surface area (TPSA) is 72.2 Å². The van der Waals surface area contributed by atoms with Crippen LogP contribution in [0.15, 0.2) is 35.9 Å². The number of hydrogen-bond acceptors (Lipinski definition) is 4. The average molecular weight is 348 g/mol. The van der Waals surface area contributed by atoms with Crippen molar-refractivity contribution in [2.75, 3.05) is 12.3 Å². The molecule has 0 radical (unpaired) electrons. The molecule has 0 aliphatic heterocycles. The van der Waals surface area contributed by atoms with E-state index in [0.29, 0.717) is 12.3 Å². The van der Waals surface area contributed by atoms with Crippen molar-refractivity contribution in [2.45, 2.75) is 44.3 Å². The molecule has 1 atom stereocenters. The summed E-state index contributed by atoms with van der Waals surface area (Å²) in [4.78, 5) is 22.4. The third-order valence-electron chi connectivity index (χ3n) is 4.17. The second-order valence-corrected chi connectivity index (χ2v) is 7.34. The number of benzene rings is 1. The maximum absolute atomic E-state index is 11.9. The minimum atomic E-state index is -0.395. The number of hydrogen-bond donors (Lipinski definition) is 1. The lowest BCUT2D eigenvalue weighted by Gasteiger charge is -2.14. The molecule has 2 rings (SSSR count). The molecule has 1 aliphatic carbocycles. The Labute approximate surface area is 147 Å². The number of nitro benzene ring substituents is 1. The van der Waals surface area contributed by atoms with E-state index in [1.54, 1.807) is 12.1 Å². The Morgan fingerprint density at radius 1 is 1.42 bits per heavy atom. The Morgan fingerprint density at radius 3 is 2.96 bits per heavy atom. The van der Waals surface area contributed by atoms with Crippen molar-refractivity contribution in [2.24, 2.45) is 0 Å². The fourth-order valence-corrected chi connectivity index (χ4v) is 3.58. The lowest BCUT2D eigenvalue weighted by atomic mass is 9.97. The predicted octanol–water partition coefficient (Wildman–Crippen LogP) is 4.40. The summed E-state index contributed by atoms with van der Waals surface area (Å²) in [5, 5.41) is 13.8. The number of carbonyl (C=O) groups is 1. The summed E-state index contributed by atoms with van der Waals surface area (Å²) in [6.07, 6.45) is 8.11. The van der Waals surface area contributed by atoms with Crippen LogP contribution >= 0.6 is 11.8 Å². The zero-order chi connectivity index (χ0) is 17.4. The van der Waals surface area contributed by atoms with Gasteiger partial charge in [0.25, 0.3) is 5.69 Å². The lowest BCUT2D eigenvalue weighted by molar-refractivity contribution is -0.384. The average Bonchev–Trinajstić information content (AvgIpc) is 2.60. The quantitative estimate of drug-likeness (QED) is 0.429. The van der Waals surface area contributed by atoms with E-state index in [0.717, 1.165) is 18.4 Å². The van der Waals surface area contributed by atoms with Crippen molar-refractivity contribution in [3.63, 3.8) is 0 Å². The fraction of sp³-hybridized carbons (Fsp3) is 0.500. The Kier molecular flexibility index (Phi) is 7.31. The molecule has 1 amide bonds. The molecule has 5 nitrogen and oxygen atoms in total. The molecule has 0 aromatic heterocycles. The molecule has 0 saturated carbocycles. The number of rotatable bonds is 8. The van der Waals surface area contributed by atoms with E-state index in [2.05, 4.69) is 11.4 Å². The van der Waals surface area contributed by atoms with Crippen molar-refractivity contribution in [1.82, 2.24) is 5.32 Å².